The zero-order valence-electron chi connectivity index (χ0n) is 10.8. The van der Waals surface area contributed by atoms with Gasteiger partial charge < -0.3 is 10.1 Å². The average molecular weight is 230 g/mol. The highest BCUT2D eigenvalue weighted by Gasteiger charge is 1.96. The van der Waals surface area contributed by atoms with Gasteiger partial charge in [0.2, 0.25) is 5.96 Å². The number of guanidine groups is 1. The molecule has 0 heterocycles. The zero-order chi connectivity index (χ0) is 12.2. The van der Waals surface area contributed by atoms with E-state index in [0.29, 0.717) is 11.9 Å². The zero-order valence-corrected chi connectivity index (χ0v) is 10.8. The normalized spacial score (nSPS) is 11.9. The Morgan fingerprint density at radius 2 is 2.12 bits per heavy atom. The predicted octanol–water partition coefficient (Wildman–Crippen LogP) is 0.868. The Bertz CT molecular complexity index is 183. The first-order valence-corrected chi connectivity index (χ1v) is 6.03. The van der Waals surface area contributed by atoms with Crippen LogP contribution in [-0.2, 0) is 4.74 Å². The molecule has 0 bridgehead atoms. The summed E-state index contributed by atoms with van der Waals surface area (Å²) < 4.78 is 5.36. The van der Waals surface area contributed by atoms with Crippen LogP contribution in [0.2, 0.25) is 0 Å². The van der Waals surface area contributed by atoms with Crippen LogP contribution >= 0.6 is 0 Å². The minimum absolute atomic E-state index is 0.540. The van der Waals surface area contributed by atoms with E-state index in [1.54, 1.807) is 0 Å². The van der Waals surface area contributed by atoms with E-state index in [4.69, 9.17) is 10.6 Å². The van der Waals surface area contributed by atoms with Crippen molar-refractivity contribution in [1.29, 1.82) is 0 Å². The standard InChI is InChI=1S/C11H26N4O/c1-4-7-16-8-5-6-13-11(15-12)14-9-10(2)3/h10H,4-9,12H2,1-3H3,(H2,13,14,15). The second kappa shape index (κ2) is 10.7. The summed E-state index contributed by atoms with van der Waals surface area (Å²) in [5, 5.41) is 3.14. The second-order valence-electron chi connectivity index (χ2n) is 4.12. The van der Waals surface area contributed by atoms with Crippen molar-refractivity contribution in [2.45, 2.75) is 33.6 Å². The Labute approximate surface area is 98.8 Å². The minimum Gasteiger partial charge on any atom is -0.381 e. The molecule has 0 aliphatic rings. The molecule has 0 aliphatic carbocycles. The molecule has 16 heavy (non-hydrogen) atoms. The van der Waals surface area contributed by atoms with Crippen molar-refractivity contribution in [2.24, 2.45) is 16.8 Å². The summed E-state index contributed by atoms with van der Waals surface area (Å²) in [6.45, 7) is 9.57. The molecule has 0 saturated heterocycles. The van der Waals surface area contributed by atoms with Gasteiger partial charge in [0.1, 0.15) is 0 Å². The highest BCUT2D eigenvalue weighted by molar-refractivity contribution is 5.79. The van der Waals surface area contributed by atoms with Crippen LogP contribution in [0.1, 0.15) is 33.6 Å². The number of hydrogen-bond acceptors (Lipinski definition) is 3. The number of hydrogen-bond donors (Lipinski definition) is 3. The van der Waals surface area contributed by atoms with Crippen molar-refractivity contribution >= 4 is 5.96 Å². The number of nitrogens with one attached hydrogen (secondary N) is 2. The average Bonchev–Trinajstić information content (AvgIpc) is 2.27. The SMILES string of the molecule is CCCOCCCNC(=NCC(C)C)NN. The number of rotatable bonds is 8. The summed E-state index contributed by atoms with van der Waals surface area (Å²) in [7, 11) is 0. The van der Waals surface area contributed by atoms with Gasteiger partial charge in [-0.1, -0.05) is 20.8 Å². The Balaban J connectivity index is 3.51. The fourth-order valence-corrected chi connectivity index (χ4v) is 1.05. The molecule has 0 atom stereocenters. The molecule has 0 aromatic carbocycles. The molecule has 0 unspecified atom stereocenters. The van der Waals surface area contributed by atoms with Crippen molar-refractivity contribution in [1.82, 2.24) is 10.7 Å². The highest BCUT2D eigenvalue weighted by atomic mass is 16.5. The topological polar surface area (TPSA) is 71.7 Å². The van der Waals surface area contributed by atoms with Gasteiger partial charge in [0.05, 0.1) is 0 Å². The Hall–Kier alpha value is -0.810. The third-order valence-corrected chi connectivity index (χ3v) is 1.86. The van der Waals surface area contributed by atoms with Gasteiger partial charge in [-0.2, -0.15) is 0 Å². The fraction of sp³-hybridized carbons (Fsp3) is 0.909. The van der Waals surface area contributed by atoms with Crippen molar-refractivity contribution in [2.75, 3.05) is 26.3 Å². The van der Waals surface area contributed by atoms with E-state index in [1.807, 2.05) is 0 Å². The van der Waals surface area contributed by atoms with Gasteiger partial charge in [-0.3, -0.25) is 10.4 Å². The Morgan fingerprint density at radius 1 is 1.38 bits per heavy atom. The quantitative estimate of drug-likeness (QED) is 0.190. The lowest BCUT2D eigenvalue weighted by molar-refractivity contribution is 0.133. The second-order valence-corrected chi connectivity index (χ2v) is 4.12. The lowest BCUT2D eigenvalue weighted by Gasteiger charge is -2.10. The first-order valence-electron chi connectivity index (χ1n) is 6.03. The van der Waals surface area contributed by atoms with Crippen LogP contribution < -0.4 is 16.6 Å². The monoisotopic (exact) mass is 230 g/mol. The maximum atomic E-state index is 5.36. The van der Waals surface area contributed by atoms with E-state index in [0.717, 1.165) is 39.1 Å². The molecule has 4 N–H and O–H groups in total. The van der Waals surface area contributed by atoms with E-state index in [1.165, 1.54) is 0 Å². The molecule has 0 aliphatic heterocycles. The Morgan fingerprint density at radius 3 is 2.69 bits per heavy atom. The molecule has 0 saturated carbocycles. The van der Waals surface area contributed by atoms with Gasteiger partial charge in [-0.15, -0.1) is 0 Å². The summed E-state index contributed by atoms with van der Waals surface area (Å²) in [6, 6.07) is 0. The molecule has 0 aromatic rings. The van der Waals surface area contributed by atoms with Crippen molar-refractivity contribution in [3.05, 3.63) is 0 Å². The Kier molecular flexibility index (Phi) is 10.2. The molecule has 5 heteroatoms. The van der Waals surface area contributed by atoms with E-state index >= 15 is 0 Å². The molecule has 0 fully saturated rings. The van der Waals surface area contributed by atoms with Crippen molar-refractivity contribution in [3.63, 3.8) is 0 Å². The van der Waals surface area contributed by atoms with Gasteiger partial charge >= 0.3 is 0 Å². The molecule has 0 aromatic heterocycles. The van der Waals surface area contributed by atoms with E-state index in [-0.39, 0.29) is 0 Å². The van der Waals surface area contributed by atoms with Gasteiger partial charge in [0.25, 0.3) is 0 Å². The van der Waals surface area contributed by atoms with Gasteiger partial charge in [0, 0.05) is 26.3 Å². The first-order chi connectivity index (χ1) is 7.70. The van der Waals surface area contributed by atoms with Crippen molar-refractivity contribution in [3.8, 4) is 0 Å². The third kappa shape index (κ3) is 9.73. The maximum Gasteiger partial charge on any atom is 0.205 e. The summed E-state index contributed by atoms with van der Waals surface area (Å²) in [5.74, 6) is 6.54. The number of ether oxygens (including phenoxy) is 1. The van der Waals surface area contributed by atoms with E-state index < -0.39 is 0 Å². The highest BCUT2D eigenvalue weighted by Crippen LogP contribution is 1.91. The summed E-state index contributed by atoms with van der Waals surface area (Å²) in [4.78, 5) is 4.30. The molecule has 0 spiro atoms. The fourth-order valence-electron chi connectivity index (χ4n) is 1.05. The summed E-state index contributed by atoms with van der Waals surface area (Å²) >= 11 is 0. The van der Waals surface area contributed by atoms with Crippen molar-refractivity contribution < 1.29 is 4.74 Å². The molecule has 0 amide bonds. The molecular formula is C11H26N4O. The lowest BCUT2D eigenvalue weighted by Crippen LogP contribution is -2.42. The van der Waals surface area contributed by atoms with Crippen LogP contribution in [0.5, 0.6) is 0 Å². The molecule has 0 radical (unpaired) electrons. The number of nitrogens with two attached hydrogens (primary N) is 1. The third-order valence-electron chi connectivity index (χ3n) is 1.86. The van der Waals surface area contributed by atoms with Gasteiger partial charge in [0.15, 0.2) is 0 Å². The van der Waals surface area contributed by atoms with Crippen LogP contribution in [0.25, 0.3) is 0 Å². The molecule has 0 rings (SSSR count). The van der Waals surface area contributed by atoms with E-state index in [9.17, 15) is 0 Å². The summed E-state index contributed by atoms with van der Waals surface area (Å²) in [6.07, 6.45) is 2.03. The number of hydrazine groups is 1. The van der Waals surface area contributed by atoms with Crippen LogP contribution in [-0.4, -0.2) is 32.3 Å². The van der Waals surface area contributed by atoms with E-state index in [2.05, 4.69) is 36.5 Å². The van der Waals surface area contributed by atoms with Crippen LogP contribution in [0.4, 0.5) is 0 Å². The van der Waals surface area contributed by atoms with Gasteiger partial charge in [-0.05, 0) is 18.8 Å². The number of aliphatic imine (C=N–C) groups is 1. The van der Waals surface area contributed by atoms with Crippen LogP contribution in [0.15, 0.2) is 4.99 Å². The minimum atomic E-state index is 0.540. The molecule has 5 nitrogen and oxygen atoms in total. The maximum absolute atomic E-state index is 5.36. The predicted molar refractivity (Wildman–Crippen MR) is 68.2 cm³/mol. The smallest absolute Gasteiger partial charge is 0.205 e. The summed E-state index contributed by atoms with van der Waals surface area (Å²) in [5.41, 5.74) is 2.56. The first kappa shape index (κ1) is 15.2. The van der Waals surface area contributed by atoms with Crippen LogP contribution in [0.3, 0.4) is 0 Å². The largest absolute Gasteiger partial charge is 0.381 e. The molecular weight excluding hydrogens is 204 g/mol. The van der Waals surface area contributed by atoms with Gasteiger partial charge in [-0.25, -0.2) is 5.84 Å². The van der Waals surface area contributed by atoms with Crippen LogP contribution in [0, 0.1) is 5.92 Å². The molecule has 96 valence electrons. The lowest BCUT2D eigenvalue weighted by atomic mass is 10.2. The number of nitrogens with zero attached hydrogens (tertiary/aromatic N) is 1.